The van der Waals surface area contributed by atoms with E-state index in [4.69, 9.17) is 0 Å². The van der Waals surface area contributed by atoms with E-state index in [9.17, 15) is 4.79 Å². The number of carbonyl (C=O) groups excluding carboxylic acids is 1. The van der Waals surface area contributed by atoms with Crippen LogP contribution in [-0.2, 0) is 10.5 Å². The highest BCUT2D eigenvalue weighted by Gasteiger charge is 2.46. The molecular weight excluding hydrogens is 350 g/mol. The number of hydrogen-bond donors (Lipinski definition) is 0. The summed E-state index contributed by atoms with van der Waals surface area (Å²) in [4.78, 5) is 14.8. The number of benzene rings is 3. The van der Waals surface area contributed by atoms with Crippen molar-refractivity contribution < 1.29 is 4.79 Å². The van der Waals surface area contributed by atoms with E-state index in [1.165, 1.54) is 5.56 Å². The van der Waals surface area contributed by atoms with Gasteiger partial charge in [0.05, 0.1) is 6.04 Å². The topological polar surface area (TPSA) is 20.3 Å². The van der Waals surface area contributed by atoms with Gasteiger partial charge in [-0.3, -0.25) is 4.79 Å². The molecule has 0 spiro atoms. The second-order valence-electron chi connectivity index (χ2n) is 6.52. The van der Waals surface area contributed by atoms with Crippen LogP contribution in [0.25, 0.3) is 6.08 Å². The van der Waals surface area contributed by atoms with Gasteiger partial charge in [0.2, 0.25) is 5.91 Å². The van der Waals surface area contributed by atoms with E-state index >= 15 is 0 Å². The Morgan fingerprint density at radius 1 is 0.815 bits per heavy atom. The molecule has 0 aliphatic carbocycles. The van der Waals surface area contributed by atoms with Gasteiger partial charge in [-0.25, -0.2) is 0 Å². The summed E-state index contributed by atoms with van der Waals surface area (Å²) in [6, 6.07) is 30.6. The van der Waals surface area contributed by atoms with E-state index in [2.05, 4.69) is 36.4 Å². The fourth-order valence-electron chi connectivity index (χ4n) is 3.26. The summed E-state index contributed by atoms with van der Waals surface area (Å²) in [6.45, 7) is 0. The van der Waals surface area contributed by atoms with Crippen molar-refractivity contribution in [1.82, 2.24) is 0 Å². The molecule has 2 atom stereocenters. The molecule has 134 valence electrons. The van der Waals surface area contributed by atoms with Crippen molar-refractivity contribution >= 4 is 29.4 Å². The van der Waals surface area contributed by atoms with Crippen molar-refractivity contribution in [3.8, 4) is 0 Å². The molecule has 3 heteroatoms. The standard InChI is InChI=1S/C24H21NOS/c26-24-23(27-18-20-12-6-2-7-13-20)22(17-16-19-10-4-1-5-11-19)25(24)21-14-8-3-9-15-21/h1-17,22-23H,18H2/b17-16+/t22-,23+/m1/s1. The number of nitrogens with zero attached hydrogens (tertiary/aromatic N) is 1. The molecule has 1 saturated heterocycles. The van der Waals surface area contributed by atoms with Crippen LogP contribution in [0.2, 0.25) is 0 Å². The fourth-order valence-corrected chi connectivity index (χ4v) is 4.49. The van der Waals surface area contributed by atoms with Gasteiger partial charge in [0.1, 0.15) is 5.25 Å². The molecule has 0 N–H and O–H groups in total. The summed E-state index contributed by atoms with van der Waals surface area (Å²) in [5, 5.41) is -0.0506. The normalized spacial score (nSPS) is 19.3. The molecule has 1 aliphatic rings. The van der Waals surface area contributed by atoms with Gasteiger partial charge >= 0.3 is 0 Å². The first-order valence-corrected chi connectivity index (χ1v) is 10.1. The predicted octanol–water partition coefficient (Wildman–Crippen LogP) is 5.42. The van der Waals surface area contributed by atoms with Crippen molar-refractivity contribution in [2.45, 2.75) is 17.0 Å². The van der Waals surface area contributed by atoms with E-state index in [0.29, 0.717) is 0 Å². The van der Waals surface area contributed by atoms with Gasteiger partial charge in [0.15, 0.2) is 0 Å². The minimum atomic E-state index is -0.0506. The van der Waals surface area contributed by atoms with Gasteiger partial charge < -0.3 is 4.90 Å². The Hall–Kier alpha value is -2.78. The van der Waals surface area contributed by atoms with Crippen LogP contribution in [-0.4, -0.2) is 17.2 Å². The van der Waals surface area contributed by atoms with Crippen LogP contribution in [0, 0.1) is 0 Å². The number of amides is 1. The van der Waals surface area contributed by atoms with Gasteiger partial charge in [0, 0.05) is 11.4 Å². The molecule has 0 saturated carbocycles. The first kappa shape index (κ1) is 17.6. The number of carbonyl (C=O) groups is 1. The minimum absolute atomic E-state index is 0.0506. The Kier molecular flexibility index (Phi) is 5.40. The molecule has 1 fully saturated rings. The molecule has 0 bridgehead atoms. The number of thioether (sulfide) groups is 1. The lowest BCUT2D eigenvalue weighted by molar-refractivity contribution is -0.122. The maximum absolute atomic E-state index is 12.9. The Labute approximate surface area is 164 Å². The predicted molar refractivity (Wildman–Crippen MR) is 115 cm³/mol. The number of β-lactam (4-membered cyclic amide) rings is 1. The third kappa shape index (κ3) is 3.99. The average molecular weight is 372 g/mol. The monoisotopic (exact) mass is 371 g/mol. The number of hydrogen-bond acceptors (Lipinski definition) is 2. The highest BCUT2D eigenvalue weighted by molar-refractivity contribution is 8.00. The summed E-state index contributed by atoms with van der Waals surface area (Å²) in [6.07, 6.45) is 4.27. The molecule has 0 radical (unpaired) electrons. The van der Waals surface area contributed by atoms with Crippen molar-refractivity contribution in [3.63, 3.8) is 0 Å². The van der Waals surface area contributed by atoms with Gasteiger partial charge in [-0.1, -0.05) is 91.0 Å². The van der Waals surface area contributed by atoms with Gasteiger partial charge in [-0.15, -0.1) is 11.8 Å². The van der Waals surface area contributed by atoms with Crippen LogP contribution in [0.1, 0.15) is 11.1 Å². The van der Waals surface area contributed by atoms with Crippen LogP contribution < -0.4 is 4.90 Å². The molecule has 27 heavy (non-hydrogen) atoms. The third-order valence-electron chi connectivity index (χ3n) is 4.68. The zero-order valence-corrected chi connectivity index (χ0v) is 15.8. The molecule has 3 aromatic carbocycles. The number of anilines is 1. The van der Waals surface area contributed by atoms with E-state index < -0.39 is 0 Å². The molecule has 1 amide bonds. The van der Waals surface area contributed by atoms with Crippen molar-refractivity contribution in [2.24, 2.45) is 0 Å². The van der Waals surface area contributed by atoms with Crippen LogP contribution in [0.3, 0.4) is 0 Å². The molecule has 0 unspecified atom stereocenters. The minimum Gasteiger partial charge on any atom is -0.303 e. The lowest BCUT2D eigenvalue weighted by atomic mass is 9.98. The summed E-state index contributed by atoms with van der Waals surface area (Å²) in [5.74, 6) is 1.03. The summed E-state index contributed by atoms with van der Waals surface area (Å²) < 4.78 is 0. The zero-order valence-electron chi connectivity index (χ0n) is 14.9. The Morgan fingerprint density at radius 3 is 2.07 bits per heavy atom. The van der Waals surface area contributed by atoms with Crippen LogP contribution in [0.5, 0.6) is 0 Å². The van der Waals surface area contributed by atoms with Crippen molar-refractivity contribution in [2.75, 3.05) is 4.90 Å². The van der Waals surface area contributed by atoms with Gasteiger partial charge in [0.25, 0.3) is 0 Å². The van der Waals surface area contributed by atoms with Crippen LogP contribution in [0.4, 0.5) is 5.69 Å². The molecule has 1 heterocycles. The zero-order chi connectivity index (χ0) is 18.5. The van der Waals surface area contributed by atoms with Gasteiger partial charge in [-0.05, 0) is 23.3 Å². The van der Waals surface area contributed by atoms with Crippen LogP contribution >= 0.6 is 11.8 Å². The van der Waals surface area contributed by atoms with Crippen molar-refractivity contribution in [3.05, 3.63) is 108 Å². The molecule has 3 aromatic rings. The quantitative estimate of drug-likeness (QED) is 0.540. The highest BCUT2D eigenvalue weighted by atomic mass is 32.2. The molecule has 4 rings (SSSR count). The summed E-state index contributed by atoms with van der Waals surface area (Å²) in [7, 11) is 0. The smallest absolute Gasteiger partial charge is 0.243 e. The highest BCUT2D eigenvalue weighted by Crippen LogP contribution is 2.37. The average Bonchev–Trinajstić information content (AvgIpc) is 2.73. The first-order valence-electron chi connectivity index (χ1n) is 9.10. The lowest BCUT2D eigenvalue weighted by Gasteiger charge is -2.45. The summed E-state index contributed by atoms with van der Waals surface area (Å²) in [5.41, 5.74) is 3.36. The van der Waals surface area contributed by atoms with Crippen LogP contribution in [0.15, 0.2) is 97.1 Å². The second-order valence-corrected chi connectivity index (χ2v) is 7.65. The maximum Gasteiger partial charge on any atom is 0.243 e. The van der Waals surface area contributed by atoms with Gasteiger partial charge in [-0.2, -0.15) is 0 Å². The Bertz CT molecular complexity index is 909. The Morgan fingerprint density at radius 2 is 1.41 bits per heavy atom. The van der Waals surface area contributed by atoms with E-state index in [1.807, 2.05) is 71.6 Å². The van der Waals surface area contributed by atoms with E-state index in [-0.39, 0.29) is 17.2 Å². The second kappa shape index (κ2) is 8.28. The molecular formula is C24H21NOS. The molecule has 1 aliphatic heterocycles. The fraction of sp³-hybridized carbons (Fsp3) is 0.125. The van der Waals surface area contributed by atoms with E-state index in [0.717, 1.165) is 17.0 Å². The molecule has 2 nitrogen and oxygen atoms in total. The lowest BCUT2D eigenvalue weighted by Crippen LogP contribution is -2.62. The first-order chi connectivity index (χ1) is 13.3. The third-order valence-corrected chi connectivity index (χ3v) is 6.02. The van der Waals surface area contributed by atoms with Crippen molar-refractivity contribution in [1.29, 1.82) is 0 Å². The summed E-state index contributed by atoms with van der Waals surface area (Å²) >= 11 is 1.72. The van der Waals surface area contributed by atoms with E-state index in [1.54, 1.807) is 11.8 Å². The Balaban J connectivity index is 1.54. The SMILES string of the molecule is O=C1[C@@H](SCc2ccccc2)[C@@H](/C=C/c2ccccc2)N1c1ccccc1. The molecule has 0 aromatic heterocycles. The number of para-hydroxylation sites is 1. The largest absolute Gasteiger partial charge is 0.303 e. The maximum atomic E-state index is 12.9. The number of rotatable bonds is 6.